The van der Waals surface area contributed by atoms with Crippen LogP contribution >= 0.6 is 23.5 Å². The first-order chi connectivity index (χ1) is 9.61. The fraction of sp³-hybridized carbons (Fsp3) is 0.615. The Morgan fingerprint density at radius 1 is 1.55 bits per heavy atom. The van der Waals surface area contributed by atoms with Crippen LogP contribution in [-0.2, 0) is 4.79 Å². The zero-order valence-corrected chi connectivity index (χ0v) is 13.0. The minimum absolute atomic E-state index is 0.0746. The molecule has 7 heteroatoms. The molecule has 1 N–H and O–H groups in total. The van der Waals surface area contributed by atoms with Crippen LogP contribution in [0.4, 0.5) is 0 Å². The van der Waals surface area contributed by atoms with Crippen molar-refractivity contribution in [1.29, 1.82) is 0 Å². The predicted molar refractivity (Wildman–Crippen MR) is 81.7 cm³/mol. The van der Waals surface area contributed by atoms with Crippen LogP contribution in [0.25, 0.3) is 0 Å². The summed E-state index contributed by atoms with van der Waals surface area (Å²) in [5.74, 6) is 0.0896. The van der Waals surface area contributed by atoms with Crippen LogP contribution < -0.4 is 5.56 Å². The van der Waals surface area contributed by atoms with Gasteiger partial charge in [-0.05, 0) is 18.6 Å². The van der Waals surface area contributed by atoms with Crippen LogP contribution in [-0.4, -0.2) is 37.4 Å². The van der Waals surface area contributed by atoms with Gasteiger partial charge >= 0.3 is 5.97 Å². The second kappa shape index (κ2) is 7.17. The molecule has 20 heavy (non-hydrogen) atoms. The zero-order chi connectivity index (χ0) is 14.5. The second-order valence-corrected chi connectivity index (χ2v) is 7.09. The fourth-order valence-corrected chi connectivity index (χ4v) is 4.52. The number of hydrogen-bond acceptors (Lipinski definition) is 5. The topological polar surface area (TPSA) is 72.2 Å². The van der Waals surface area contributed by atoms with E-state index in [4.69, 9.17) is 5.11 Å². The number of aliphatic carboxylic acids is 1. The van der Waals surface area contributed by atoms with E-state index in [1.165, 1.54) is 12.5 Å². The lowest BCUT2D eigenvalue weighted by molar-refractivity contribution is -0.133. The number of carbonyl (C=O) groups is 1. The highest BCUT2D eigenvalue weighted by molar-refractivity contribution is 8.00. The van der Waals surface area contributed by atoms with Gasteiger partial charge in [0, 0.05) is 23.6 Å². The lowest BCUT2D eigenvalue weighted by atomic mass is 10.2. The summed E-state index contributed by atoms with van der Waals surface area (Å²) in [5.41, 5.74) is -0.313. The van der Waals surface area contributed by atoms with Crippen molar-refractivity contribution >= 4 is 29.5 Å². The summed E-state index contributed by atoms with van der Waals surface area (Å²) >= 11 is 3.05. The van der Waals surface area contributed by atoms with Gasteiger partial charge in [-0.25, -0.2) is 0 Å². The molecule has 0 radical (unpaired) electrons. The highest BCUT2D eigenvalue weighted by Gasteiger charge is 2.29. The molecule has 0 aliphatic heterocycles. The summed E-state index contributed by atoms with van der Waals surface area (Å²) in [4.78, 5) is 26.1. The van der Waals surface area contributed by atoms with Crippen molar-refractivity contribution in [1.82, 2.24) is 9.55 Å². The molecule has 2 atom stereocenters. The number of rotatable bonds is 6. The van der Waals surface area contributed by atoms with Crippen molar-refractivity contribution in [2.75, 3.05) is 11.5 Å². The Balaban J connectivity index is 2.25. The average molecular weight is 314 g/mol. The van der Waals surface area contributed by atoms with E-state index in [1.807, 2.05) is 16.3 Å². The van der Waals surface area contributed by atoms with Gasteiger partial charge < -0.3 is 9.67 Å². The van der Waals surface area contributed by atoms with Gasteiger partial charge in [-0.3, -0.25) is 9.59 Å². The molecule has 1 aliphatic carbocycles. The van der Waals surface area contributed by atoms with Crippen molar-refractivity contribution < 1.29 is 9.90 Å². The molecule has 1 aromatic rings. The molecule has 1 saturated carbocycles. The van der Waals surface area contributed by atoms with Gasteiger partial charge in [0.05, 0.1) is 5.75 Å². The van der Waals surface area contributed by atoms with Crippen molar-refractivity contribution in [2.45, 2.75) is 42.6 Å². The number of carboxylic acid groups (broad SMARTS) is 1. The van der Waals surface area contributed by atoms with Crippen LogP contribution in [0.3, 0.4) is 0 Å². The van der Waals surface area contributed by atoms with Gasteiger partial charge in [-0.15, -0.1) is 0 Å². The lowest BCUT2D eigenvalue weighted by Crippen LogP contribution is -2.22. The molecule has 1 aromatic heterocycles. The standard InChI is InChI=1S/C13H18N2O3S2/c1-2-19-10-5-3-4-9(10)15-7-6-11(16)14-13(15)20-8-12(17)18/h6-7,9-10H,2-5,8H2,1H3,(H,17,18). The normalized spacial score (nSPS) is 22.1. The predicted octanol–water partition coefficient (Wildman–Crippen LogP) is 2.27. The SMILES string of the molecule is CCSC1CCCC1n1ccc(=O)nc1SCC(=O)O. The van der Waals surface area contributed by atoms with Gasteiger partial charge in [0.15, 0.2) is 5.16 Å². The first-order valence-corrected chi connectivity index (χ1v) is 8.70. The Kier molecular flexibility index (Phi) is 5.54. The molecule has 5 nitrogen and oxygen atoms in total. The van der Waals surface area contributed by atoms with E-state index in [9.17, 15) is 9.59 Å². The molecule has 0 saturated heterocycles. The number of carboxylic acids is 1. The molecule has 110 valence electrons. The van der Waals surface area contributed by atoms with Crippen molar-refractivity contribution in [3.05, 3.63) is 22.6 Å². The smallest absolute Gasteiger partial charge is 0.313 e. The van der Waals surface area contributed by atoms with Gasteiger partial charge in [-0.1, -0.05) is 25.1 Å². The van der Waals surface area contributed by atoms with Crippen molar-refractivity contribution in [3.8, 4) is 0 Å². The minimum Gasteiger partial charge on any atom is -0.481 e. The number of thioether (sulfide) groups is 2. The van der Waals surface area contributed by atoms with E-state index in [0.29, 0.717) is 16.4 Å². The van der Waals surface area contributed by atoms with E-state index in [2.05, 4.69) is 11.9 Å². The Labute approximate surface area is 126 Å². The summed E-state index contributed by atoms with van der Waals surface area (Å²) in [6.45, 7) is 2.14. The highest BCUT2D eigenvalue weighted by Crippen LogP contribution is 2.39. The molecular formula is C13H18N2O3S2. The Morgan fingerprint density at radius 2 is 2.35 bits per heavy atom. The van der Waals surface area contributed by atoms with E-state index in [-0.39, 0.29) is 11.3 Å². The fourth-order valence-electron chi connectivity index (χ4n) is 2.52. The third-order valence-corrected chi connectivity index (χ3v) is 5.55. The van der Waals surface area contributed by atoms with E-state index < -0.39 is 5.97 Å². The zero-order valence-electron chi connectivity index (χ0n) is 11.3. The summed E-state index contributed by atoms with van der Waals surface area (Å²) in [7, 11) is 0. The molecule has 0 bridgehead atoms. The third-order valence-electron chi connectivity index (χ3n) is 3.28. The molecule has 0 amide bonds. The monoisotopic (exact) mass is 314 g/mol. The molecule has 2 rings (SSSR count). The van der Waals surface area contributed by atoms with Crippen LogP contribution in [0.5, 0.6) is 0 Å². The molecule has 0 aromatic carbocycles. The largest absolute Gasteiger partial charge is 0.481 e. The van der Waals surface area contributed by atoms with Crippen LogP contribution in [0.1, 0.15) is 32.2 Å². The molecule has 1 aliphatic rings. The van der Waals surface area contributed by atoms with Crippen LogP contribution in [0.2, 0.25) is 0 Å². The highest BCUT2D eigenvalue weighted by atomic mass is 32.2. The Hall–Kier alpha value is -0.950. The summed E-state index contributed by atoms with van der Waals surface area (Å²) in [6.07, 6.45) is 5.15. The molecule has 0 spiro atoms. The van der Waals surface area contributed by atoms with Gasteiger partial charge in [0.1, 0.15) is 0 Å². The molecule has 1 heterocycles. The van der Waals surface area contributed by atoms with Gasteiger partial charge in [0.2, 0.25) is 0 Å². The van der Waals surface area contributed by atoms with Crippen LogP contribution in [0, 0.1) is 0 Å². The maximum Gasteiger partial charge on any atom is 0.313 e. The third kappa shape index (κ3) is 3.79. The first-order valence-electron chi connectivity index (χ1n) is 6.67. The van der Waals surface area contributed by atoms with Crippen molar-refractivity contribution in [2.24, 2.45) is 0 Å². The first kappa shape index (κ1) is 15.4. The maximum atomic E-state index is 11.4. The summed E-state index contributed by atoms with van der Waals surface area (Å²) in [6, 6.07) is 1.76. The number of aromatic nitrogens is 2. The average Bonchev–Trinajstić information content (AvgIpc) is 2.85. The van der Waals surface area contributed by atoms with E-state index in [0.717, 1.165) is 30.4 Å². The lowest BCUT2D eigenvalue weighted by Gasteiger charge is -2.23. The maximum absolute atomic E-state index is 11.4. The minimum atomic E-state index is -0.898. The molecule has 2 unspecified atom stereocenters. The van der Waals surface area contributed by atoms with Gasteiger partial charge in [0.25, 0.3) is 5.56 Å². The molecular weight excluding hydrogens is 296 g/mol. The Morgan fingerprint density at radius 3 is 3.05 bits per heavy atom. The van der Waals surface area contributed by atoms with E-state index in [1.54, 1.807) is 6.20 Å². The summed E-state index contributed by atoms with van der Waals surface area (Å²) < 4.78 is 2.00. The van der Waals surface area contributed by atoms with Gasteiger partial charge in [-0.2, -0.15) is 16.7 Å². The van der Waals surface area contributed by atoms with Crippen molar-refractivity contribution in [3.63, 3.8) is 0 Å². The Bertz CT molecular complexity index is 533. The molecule has 1 fully saturated rings. The number of nitrogens with zero attached hydrogens (tertiary/aromatic N) is 2. The van der Waals surface area contributed by atoms with E-state index >= 15 is 0 Å². The van der Waals surface area contributed by atoms with Crippen LogP contribution in [0.15, 0.2) is 22.2 Å². The quantitative estimate of drug-likeness (QED) is 0.641. The number of hydrogen-bond donors (Lipinski definition) is 1. The summed E-state index contributed by atoms with van der Waals surface area (Å²) in [5, 5.41) is 9.84. The second-order valence-electron chi connectivity index (χ2n) is 4.63.